The summed E-state index contributed by atoms with van der Waals surface area (Å²) in [6.07, 6.45) is 3.18. The molecule has 1 heterocycles. The Bertz CT molecular complexity index is 640. The number of carbonyl (C=O) groups excluding carboxylic acids is 1. The van der Waals surface area contributed by atoms with Crippen LogP contribution in [0.3, 0.4) is 0 Å². The van der Waals surface area contributed by atoms with Gasteiger partial charge in [0.1, 0.15) is 0 Å². The van der Waals surface area contributed by atoms with E-state index in [9.17, 15) is 13.2 Å². The summed E-state index contributed by atoms with van der Waals surface area (Å²) in [5.74, 6) is 0.183. The Labute approximate surface area is 143 Å². The molecule has 0 saturated carbocycles. The van der Waals surface area contributed by atoms with Crippen LogP contribution < -0.4 is 0 Å². The van der Waals surface area contributed by atoms with Crippen molar-refractivity contribution in [2.45, 2.75) is 50.5 Å². The van der Waals surface area contributed by atoms with Crippen LogP contribution >= 0.6 is 11.6 Å². The van der Waals surface area contributed by atoms with E-state index in [1.54, 1.807) is 12.1 Å². The van der Waals surface area contributed by atoms with Crippen LogP contribution in [-0.2, 0) is 14.6 Å². The van der Waals surface area contributed by atoms with Crippen molar-refractivity contribution in [1.82, 2.24) is 4.90 Å². The average Bonchev–Trinajstić information content (AvgIpc) is 2.53. The van der Waals surface area contributed by atoms with Crippen LogP contribution in [0.4, 0.5) is 0 Å². The molecule has 0 bridgehead atoms. The molecule has 0 spiro atoms. The van der Waals surface area contributed by atoms with E-state index in [1.807, 2.05) is 4.90 Å². The molecule has 1 aliphatic heterocycles. The average molecular weight is 358 g/mol. The molecule has 0 aromatic heterocycles. The number of sulfone groups is 1. The van der Waals surface area contributed by atoms with Crippen molar-refractivity contribution < 1.29 is 13.2 Å². The van der Waals surface area contributed by atoms with Gasteiger partial charge in [-0.15, -0.1) is 0 Å². The number of halogens is 1. The number of hydrogen-bond donors (Lipinski definition) is 0. The van der Waals surface area contributed by atoms with Gasteiger partial charge in [-0.25, -0.2) is 8.42 Å². The summed E-state index contributed by atoms with van der Waals surface area (Å²) in [4.78, 5) is 14.6. The quantitative estimate of drug-likeness (QED) is 0.809. The van der Waals surface area contributed by atoms with Crippen LogP contribution in [0.2, 0.25) is 5.02 Å². The van der Waals surface area contributed by atoms with Gasteiger partial charge < -0.3 is 4.90 Å². The van der Waals surface area contributed by atoms with Gasteiger partial charge in [0.05, 0.1) is 10.6 Å². The Kier molecular flexibility index (Phi) is 6.09. The molecule has 2 rings (SSSR count). The second kappa shape index (κ2) is 7.67. The summed E-state index contributed by atoms with van der Waals surface area (Å²) in [6.45, 7) is 4.96. The lowest BCUT2D eigenvalue weighted by atomic mass is 9.92. The van der Waals surface area contributed by atoms with Gasteiger partial charge in [0.15, 0.2) is 9.84 Å². The lowest BCUT2D eigenvalue weighted by Crippen LogP contribution is -2.46. The Morgan fingerprint density at radius 3 is 2.52 bits per heavy atom. The maximum absolute atomic E-state index is 12.5. The number of rotatable bonds is 5. The van der Waals surface area contributed by atoms with Crippen molar-refractivity contribution in [3.8, 4) is 0 Å². The molecule has 1 saturated heterocycles. The van der Waals surface area contributed by atoms with Crippen LogP contribution in [0.25, 0.3) is 0 Å². The fraction of sp³-hybridized carbons (Fsp3) is 0.588. The summed E-state index contributed by atoms with van der Waals surface area (Å²) >= 11 is 5.78. The first-order valence-corrected chi connectivity index (χ1v) is 10.1. The SMILES string of the molecule is CC(C)C1CCCCN1C(=O)CCS(=O)(=O)c1ccc(Cl)cc1. The summed E-state index contributed by atoms with van der Waals surface area (Å²) < 4.78 is 24.7. The fourth-order valence-electron chi connectivity index (χ4n) is 3.09. The second-order valence-electron chi connectivity index (χ2n) is 6.42. The smallest absolute Gasteiger partial charge is 0.223 e. The lowest BCUT2D eigenvalue weighted by Gasteiger charge is -2.38. The molecular weight excluding hydrogens is 334 g/mol. The molecule has 1 aliphatic rings. The molecule has 23 heavy (non-hydrogen) atoms. The van der Waals surface area contributed by atoms with Gasteiger partial charge in [-0.3, -0.25) is 4.79 Å². The summed E-state index contributed by atoms with van der Waals surface area (Å²) in [7, 11) is -3.45. The molecule has 1 amide bonds. The molecule has 0 radical (unpaired) electrons. The van der Waals surface area contributed by atoms with Gasteiger partial charge in [-0.2, -0.15) is 0 Å². The summed E-state index contributed by atoms with van der Waals surface area (Å²) in [6, 6.07) is 6.31. The zero-order valence-corrected chi connectivity index (χ0v) is 15.2. The minimum Gasteiger partial charge on any atom is -0.339 e. The van der Waals surface area contributed by atoms with Crippen molar-refractivity contribution in [2.24, 2.45) is 5.92 Å². The summed E-state index contributed by atoms with van der Waals surface area (Å²) in [5, 5.41) is 0.494. The van der Waals surface area contributed by atoms with Gasteiger partial charge in [0.25, 0.3) is 0 Å². The third kappa shape index (κ3) is 4.70. The first-order valence-electron chi connectivity index (χ1n) is 8.09. The molecule has 1 atom stereocenters. The predicted molar refractivity (Wildman–Crippen MR) is 92.3 cm³/mol. The minimum atomic E-state index is -3.45. The van der Waals surface area contributed by atoms with Crippen molar-refractivity contribution in [3.05, 3.63) is 29.3 Å². The molecule has 1 aromatic carbocycles. The maximum Gasteiger partial charge on any atom is 0.223 e. The molecule has 0 N–H and O–H groups in total. The fourth-order valence-corrected chi connectivity index (χ4v) is 4.44. The van der Waals surface area contributed by atoms with E-state index >= 15 is 0 Å². The molecule has 4 nitrogen and oxygen atoms in total. The van der Waals surface area contributed by atoms with E-state index in [1.165, 1.54) is 12.1 Å². The largest absolute Gasteiger partial charge is 0.339 e. The highest BCUT2D eigenvalue weighted by Gasteiger charge is 2.29. The van der Waals surface area contributed by atoms with E-state index in [0.29, 0.717) is 10.9 Å². The third-order valence-electron chi connectivity index (χ3n) is 4.40. The normalized spacial score (nSPS) is 19.1. The first-order chi connectivity index (χ1) is 10.8. The molecular formula is C17H24ClNO3S. The zero-order valence-electron chi connectivity index (χ0n) is 13.7. The van der Waals surface area contributed by atoms with Crippen LogP contribution in [0.5, 0.6) is 0 Å². The Morgan fingerprint density at radius 2 is 1.91 bits per heavy atom. The number of carbonyl (C=O) groups is 1. The molecule has 1 unspecified atom stereocenters. The first kappa shape index (κ1) is 18.3. The third-order valence-corrected chi connectivity index (χ3v) is 6.38. The van der Waals surface area contributed by atoms with Gasteiger partial charge in [-0.05, 0) is 49.4 Å². The number of hydrogen-bond acceptors (Lipinski definition) is 3. The lowest BCUT2D eigenvalue weighted by molar-refractivity contribution is -0.135. The van der Waals surface area contributed by atoms with E-state index in [2.05, 4.69) is 13.8 Å². The van der Waals surface area contributed by atoms with Crippen molar-refractivity contribution in [1.29, 1.82) is 0 Å². The van der Waals surface area contributed by atoms with Crippen LogP contribution in [0.1, 0.15) is 39.5 Å². The van der Waals surface area contributed by atoms with Gasteiger partial charge >= 0.3 is 0 Å². The van der Waals surface area contributed by atoms with E-state index in [-0.39, 0.29) is 29.0 Å². The highest BCUT2D eigenvalue weighted by Crippen LogP contribution is 2.24. The van der Waals surface area contributed by atoms with Crippen molar-refractivity contribution in [2.75, 3.05) is 12.3 Å². The Balaban J connectivity index is 2.01. The van der Waals surface area contributed by atoms with Crippen molar-refractivity contribution in [3.63, 3.8) is 0 Å². The maximum atomic E-state index is 12.5. The topological polar surface area (TPSA) is 54.5 Å². The minimum absolute atomic E-state index is 0.0359. The van der Waals surface area contributed by atoms with Gasteiger partial charge in [0.2, 0.25) is 5.91 Å². The monoisotopic (exact) mass is 357 g/mol. The van der Waals surface area contributed by atoms with E-state index in [4.69, 9.17) is 11.6 Å². The predicted octanol–water partition coefficient (Wildman–Crippen LogP) is 3.54. The molecule has 6 heteroatoms. The molecule has 0 aliphatic carbocycles. The van der Waals surface area contributed by atoms with Crippen LogP contribution in [0.15, 0.2) is 29.2 Å². The number of likely N-dealkylation sites (tertiary alicyclic amines) is 1. The second-order valence-corrected chi connectivity index (χ2v) is 8.96. The van der Waals surface area contributed by atoms with Crippen molar-refractivity contribution >= 4 is 27.3 Å². The van der Waals surface area contributed by atoms with E-state index < -0.39 is 9.84 Å². The van der Waals surface area contributed by atoms with Crippen LogP contribution in [0, 0.1) is 5.92 Å². The molecule has 1 aromatic rings. The van der Waals surface area contributed by atoms with Gasteiger partial charge in [-0.1, -0.05) is 25.4 Å². The number of piperidine rings is 1. The Hall–Kier alpha value is -1.07. The molecule has 128 valence electrons. The number of amides is 1. The zero-order chi connectivity index (χ0) is 17.0. The van der Waals surface area contributed by atoms with E-state index in [0.717, 1.165) is 25.8 Å². The van der Waals surface area contributed by atoms with Gasteiger partial charge in [0, 0.05) is 24.0 Å². The summed E-state index contributed by atoms with van der Waals surface area (Å²) in [5.41, 5.74) is 0. The number of benzene rings is 1. The highest BCUT2D eigenvalue weighted by atomic mass is 35.5. The standard InChI is InChI=1S/C17H24ClNO3S/c1-13(2)16-5-3-4-11-19(16)17(20)10-12-23(21,22)15-8-6-14(18)7-9-15/h6-9,13,16H,3-5,10-12H2,1-2H3. The highest BCUT2D eigenvalue weighted by molar-refractivity contribution is 7.91. The van der Waals surface area contributed by atoms with Crippen LogP contribution in [-0.4, -0.2) is 37.6 Å². The Morgan fingerprint density at radius 1 is 1.26 bits per heavy atom. The number of nitrogens with zero attached hydrogens (tertiary/aromatic N) is 1. The molecule has 1 fully saturated rings.